The maximum Gasteiger partial charge on any atom is 0.330 e. The van der Waals surface area contributed by atoms with Crippen LogP contribution in [0.4, 0.5) is 0 Å². The van der Waals surface area contributed by atoms with Crippen molar-refractivity contribution >= 4 is 11.9 Å². The summed E-state index contributed by atoms with van der Waals surface area (Å²) in [6.45, 7) is 6.72. The van der Waals surface area contributed by atoms with Gasteiger partial charge < -0.3 is 10.8 Å². The maximum atomic E-state index is 10.1. The van der Waals surface area contributed by atoms with E-state index in [1.807, 2.05) is 0 Å². The molecule has 4 nitrogen and oxygen atoms in total. The van der Waals surface area contributed by atoms with Gasteiger partial charge in [-0.15, -0.1) is 0 Å². The van der Waals surface area contributed by atoms with Gasteiger partial charge >= 0.3 is 5.97 Å². The van der Waals surface area contributed by atoms with Crippen molar-refractivity contribution in [2.45, 2.75) is 27.7 Å². The predicted molar refractivity (Wildman–Crippen MR) is 55.7 cm³/mol. The summed E-state index contributed by atoms with van der Waals surface area (Å²) in [4.78, 5) is 19.9. The lowest BCUT2D eigenvalue weighted by Gasteiger charge is -1.85. The molecule has 0 unspecified atom stereocenters. The van der Waals surface area contributed by atoms with Gasteiger partial charge in [-0.2, -0.15) is 0 Å². The average molecular weight is 199 g/mol. The normalized spacial score (nSPS) is 11.4. The molecule has 0 fully saturated rings. The molecule has 0 aromatic carbocycles. The summed E-state index contributed by atoms with van der Waals surface area (Å²) in [5.41, 5.74) is 5.84. The summed E-state index contributed by atoms with van der Waals surface area (Å²) in [5.74, 6) is -1.19. The molecule has 0 aromatic rings. The molecule has 0 aliphatic carbocycles. The van der Waals surface area contributed by atoms with Crippen LogP contribution >= 0.6 is 0 Å². The lowest BCUT2D eigenvalue weighted by Crippen LogP contribution is -2.10. The van der Waals surface area contributed by atoms with Crippen LogP contribution in [0.1, 0.15) is 27.7 Å². The molecule has 0 heterocycles. The Kier molecular flexibility index (Phi) is 8.57. The van der Waals surface area contributed by atoms with E-state index < -0.39 is 5.97 Å². The Morgan fingerprint density at radius 3 is 1.43 bits per heavy atom. The van der Waals surface area contributed by atoms with E-state index in [0.717, 1.165) is 0 Å². The smallest absolute Gasteiger partial charge is 0.330 e. The highest BCUT2D eigenvalue weighted by Gasteiger charge is 1.93. The van der Waals surface area contributed by atoms with Crippen molar-refractivity contribution in [3.05, 3.63) is 23.3 Å². The number of allylic oxidation sites excluding steroid dienone is 2. The van der Waals surface area contributed by atoms with Crippen LogP contribution in [0.3, 0.4) is 0 Å². The fourth-order valence-corrected chi connectivity index (χ4v) is 0.266. The summed E-state index contributed by atoms with van der Waals surface area (Å²) >= 11 is 0. The van der Waals surface area contributed by atoms with Crippen LogP contribution in [-0.2, 0) is 9.59 Å². The van der Waals surface area contributed by atoms with Crippen LogP contribution in [0.2, 0.25) is 0 Å². The van der Waals surface area contributed by atoms with Gasteiger partial charge in [-0.05, 0) is 27.7 Å². The SMILES string of the molecule is CC=C(C)C(=O)O.CC=C(C)C(N)=O. The summed E-state index contributed by atoms with van der Waals surface area (Å²) in [5, 5.41) is 8.11. The first-order valence-electron chi connectivity index (χ1n) is 4.15. The van der Waals surface area contributed by atoms with Crippen molar-refractivity contribution in [3.63, 3.8) is 0 Å². The van der Waals surface area contributed by atoms with Gasteiger partial charge in [0.05, 0.1) is 0 Å². The van der Waals surface area contributed by atoms with E-state index in [2.05, 4.69) is 0 Å². The number of carbonyl (C=O) groups is 2. The molecule has 0 aliphatic rings. The zero-order chi connectivity index (χ0) is 11.7. The molecule has 4 heteroatoms. The topological polar surface area (TPSA) is 80.4 Å². The van der Waals surface area contributed by atoms with Gasteiger partial charge in [0.25, 0.3) is 0 Å². The second kappa shape index (κ2) is 8.04. The van der Waals surface area contributed by atoms with Crippen molar-refractivity contribution in [3.8, 4) is 0 Å². The van der Waals surface area contributed by atoms with Gasteiger partial charge in [0.2, 0.25) is 5.91 Å². The van der Waals surface area contributed by atoms with Crippen LogP contribution in [-0.4, -0.2) is 17.0 Å². The van der Waals surface area contributed by atoms with Gasteiger partial charge in [-0.3, -0.25) is 4.79 Å². The first-order valence-corrected chi connectivity index (χ1v) is 4.15. The Morgan fingerprint density at radius 2 is 1.43 bits per heavy atom. The van der Waals surface area contributed by atoms with Gasteiger partial charge in [-0.1, -0.05) is 12.2 Å². The summed E-state index contributed by atoms with van der Waals surface area (Å²) in [6.07, 6.45) is 3.24. The van der Waals surface area contributed by atoms with Crippen LogP contribution < -0.4 is 5.73 Å². The Labute approximate surface area is 84.1 Å². The van der Waals surface area contributed by atoms with Gasteiger partial charge in [0, 0.05) is 11.1 Å². The third-order valence-electron chi connectivity index (χ3n) is 1.59. The lowest BCUT2D eigenvalue weighted by molar-refractivity contribution is -0.132. The molecule has 0 bridgehead atoms. The maximum absolute atomic E-state index is 10.1. The van der Waals surface area contributed by atoms with Gasteiger partial charge in [-0.25, -0.2) is 4.79 Å². The summed E-state index contributed by atoms with van der Waals surface area (Å²) in [7, 11) is 0. The zero-order valence-corrected chi connectivity index (χ0v) is 9.00. The van der Waals surface area contributed by atoms with E-state index in [-0.39, 0.29) is 5.91 Å². The molecule has 0 radical (unpaired) electrons. The fraction of sp³-hybridized carbons (Fsp3) is 0.400. The third-order valence-corrected chi connectivity index (χ3v) is 1.59. The second-order valence-electron chi connectivity index (χ2n) is 2.61. The predicted octanol–water partition coefficient (Wildman–Crippen LogP) is 1.48. The van der Waals surface area contributed by atoms with Crippen LogP contribution in [0.15, 0.2) is 23.3 Å². The molecule has 14 heavy (non-hydrogen) atoms. The van der Waals surface area contributed by atoms with E-state index in [0.29, 0.717) is 11.1 Å². The van der Waals surface area contributed by atoms with Crippen molar-refractivity contribution in [1.82, 2.24) is 0 Å². The minimum atomic E-state index is -0.845. The monoisotopic (exact) mass is 199 g/mol. The molecular formula is C10H17NO3. The molecule has 0 rings (SSSR count). The lowest BCUT2D eigenvalue weighted by atomic mass is 10.3. The Hall–Kier alpha value is -1.58. The number of primary amides is 1. The molecule has 0 saturated heterocycles. The van der Waals surface area contributed by atoms with Crippen LogP contribution in [0.25, 0.3) is 0 Å². The first-order chi connectivity index (χ1) is 6.36. The summed E-state index contributed by atoms with van der Waals surface area (Å²) < 4.78 is 0. The number of rotatable bonds is 2. The van der Waals surface area contributed by atoms with E-state index in [1.54, 1.807) is 39.8 Å². The number of nitrogens with two attached hydrogens (primary N) is 1. The molecule has 80 valence electrons. The van der Waals surface area contributed by atoms with Crippen molar-refractivity contribution in [1.29, 1.82) is 0 Å². The van der Waals surface area contributed by atoms with Crippen molar-refractivity contribution in [2.24, 2.45) is 5.73 Å². The van der Waals surface area contributed by atoms with E-state index in [1.165, 1.54) is 0 Å². The zero-order valence-electron chi connectivity index (χ0n) is 9.00. The highest BCUT2D eigenvalue weighted by Crippen LogP contribution is 1.87. The molecular weight excluding hydrogens is 182 g/mol. The molecule has 0 atom stereocenters. The Morgan fingerprint density at radius 1 is 1.07 bits per heavy atom. The number of hydrogen-bond acceptors (Lipinski definition) is 2. The molecule has 0 saturated carbocycles. The Balaban J connectivity index is 0. The highest BCUT2D eigenvalue weighted by molar-refractivity contribution is 5.91. The number of aliphatic carboxylic acids is 1. The van der Waals surface area contributed by atoms with E-state index in [9.17, 15) is 9.59 Å². The van der Waals surface area contributed by atoms with E-state index >= 15 is 0 Å². The number of carbonyl (C=O) groups excluding carboxylic acids is 1. The number of hydrogen-bond donors (Lipinski definition) is 2. The molecule has 1 amide bonds. The third kappa shape index (κ3) is 8.52. The summed E-state index contributed by atoms with van der Waals surface area (Å²) in [6, 6.07) is 0. The average Bonchev–Trinajstić information content (AvgIpc) is 2.15. The minimum absolute atomic E-state index is 0.345. The van der Waals surface area contributed by atoms with Gasteiger partial charge in [0.1, 0.15) is 0 Å². The van der Waals surface area contributed by atoms with Crippen molar-refractivity contribution < 1.29 is 14.7 Å². The van der Waals surface area contributed by atoms with E-state index in [4.69, 9.17) is 10.8 Å². The fourth-order valence-electron chi connectivity index (χ4n) is 0.266. The second-order valence-corrected chi connectivity index (χ2v) is 2.61. The van der Waals surface area contributed by atoms with Crippen LogP contribution in [0.5, 0.6) is 0 Å². The quantitative estimate of drug-likeness (QED) is 0.661. The number of amides is 1. The van der Waals surface area contributed by atoms with Crippen molar-refractivity contribution in [2.75, 3.05) is 0 Å². The largest absolute Gasteiger partial charge is 0.478 e. The number of carboxylic acid groups (broad SMARTS) is 1. The standard InChI is InChI=1S/C5H9NO.C5H8O2/c2*1-3-4(2)5(6)7/h3H,1-2H3,(H2,6,7);3H,1-2H3,(H,6,7). The molecule has 0 aromatic heterocycles. The molecule has 0 spiro atoms. The first kappa shape index (κ1) is 14.9. The van der Waals surface area contributed by atoms with Gasteiger partial charge in [0.15, 0.2) is 0 Å². The minimum Gasteiger partial charge on any atom is -0.478 e. The highest BCUT2D eigenvalue weighted by atomic mass is 16.4. The number of carboxylic acids is 1. The Bertz CT molecular complexity index is 237. The molecule has 0 aliphatic heterocycles. The molecule has 3 N–H and O–H groups in total. The van der Waals surface area contributed by atoms with Crippen LogP contribution in [0, 0.1) is 0 Å².